The highest BCUT2D eigenvalue weighted by Gasteiger charge is 2.27. The van der Waals surface area contributed by atoms with Gasteiger partial charge in [-0.1, -0.05) is 121 Å². The molecule has 0 radical (unpaired) electrons. The summed E-state index contributed by atoms with van der Waals surface area (Å²) in [6.45, 7) is 0. The van der Waals surface area contributed by atoms with Crippen molar-refractivity contribution in [2.75, 3.05) is 4.90 Å². The minimum Gasteiger partial charge on any atom is -0.309 e. The molecule has 0 bridgehead atoms. The smallest absolute Gasteiger partial charge is 0.0641 e. The van der Waals surface area contributed by atoms with Gasteiger partial charge in [-0.3, -0.25) is 0 Å². The summed E-state index contributed by atoms with van der Waals surface area (Å²) in [7, 11) is 0. The van der Waals surface area contributed by atoms with Crippen LogP contribution in [0, 0.1) is 0 Å². The van der Waals surface area contributed by atoms with Crippen LogP contribution in [-0.2, 0) is 0 Å². The van der Waals surface area contributed by atoms with Crippen LogP contribution in [0.25, 0.3) is 82.5 Å². The highest BCUT2D eigenvalue weighted by atomic mass is 32.2. The molecule has 59 heavy (non-hydrogen) atoms. The van der Waals surface area contributed by atoms with Crippen LogP contribution in [0.4, 0.5) is 17.1 Å². The van der Waals surface area contributed by atoms with Crippen molar-refractivity contribution in [3.63, 3.8) is 0 Å². The molecule has 9 aromatic carbocycles. The fourth-order valence-electron chi connectivity index (χ4n) is 9.75. The van der Waals surface area contributed by atoms with Gasteiger partial charge in [-0.2, -0.15) is 0 Å². The van der Waals surface area contributed by atoms with E-state index in [1.165, 1.54) is 86.6 Å². The van der Waals surface area contributed by atoms with Gasteiger partial charge in [-0.05, 0) is 97.1 Å². The van der Waals surface area contributed by atoms with Crippen molar-refractivity contribution in [1.29, 1.82) is 0 Å². The molecular weight excluding hydrogens is 737 g/mol. The minimum atomic E-state index is 1.14. The average molecular weight is 771 g/mol. The first kappa shape index (κ1) is 32.6. The summed E-state index contributed by atoms with van der Waals surface area (Å²) in [4.78, 5) is 4.88. The predicted molar refractivity (Wildman–Crippen MR) is 248 cm³/mol. The van der Waals surface area contributed by atoms with E-state index in [9.17, 15) is 0 Å². The molecule has 13 rings (SSSR count). The molecule has 0 unspecified atom stereocenters. The van der Waals surface area contributed by atoms with E-state index >= 15 is 0 Å². The number of benzene rings is 9. The Bertz CT molecular complexity index is 3650. The highest BCUT2D eigenvalue weighted by molar-refractivity contribution is 7.99. The first-order valence-electron chi connectivity index (χ1n) is 20.1. The lowest BCUT2D eigenvalue weighted by atomic mass is 10.1. The van der Waals surface area contributed by atoms with Gasteiger partial charge in [0.2, 0.25) is 0 Å². The van der Waals surface area contributed by atoms with Gasteiger partial charge in [-0.15, -0.1) is 0 Å². The number of nitrogens with zero attached hydrogens (tertiary/aromatic N) is 4. The van der Waals surface area contributed by atoms with Gasteiger partial charge in [0, 0.05) is 64.9 Å². The van der Waals surface area contributed by atoms with Gasteiger partial charge in [-0.25, -0.2) is 0 Å². The van der Waals surface area contributed by atoms with Gasteiger partial charge >= 0.3 is 0 Å². The van der Waals surface area contributed by atoms with Crippen LogP contribution in [0.3, 0.4) is 0 Å². The van der Waals surface area contributed by atoms with Crippen molar-refractivity contribution in [2.24, 2.45) is 0 Å². The molecule has 0 saturated carbocycles. The molecular formula is C54H34N4S. The largest absolute Gasteiger partial charge is 0.309 e. The Morgan fingerprint density at radius 1 is 0.288 bits per heavy atom. The zero-order valence-electron chi connectivity index (χ0n) is 31.8. The summed E-state index contributed by atoms with van der Waals surface area (Å²) in [6.07, 6.45) is 0. The molecule has 0 fully saturated rings. The molecule has 0 aliphatic carbocycles. The van der Waals surface area contributed by atoms with Gasteiger partial charge in [0.1, 0.15) is 0 Å². The molecule has 0 N–H and O–H groups in total. The SMILES string of the molecule is c1ccc(N2c3ccccc3Sc3cc(-n4c5ccccc5c5ccc6c(c7ccccc7n6-c6ccc7c(c6)c6ccccc6n7-c6ccccc6)c54)ccc32)cc1. The number of hydrogen-bond acceptors (Lipinski definition) is 2. The number of fused-ring (bicyclic) bond motifs is 12. The molecule has 276 valence electrons. The molecule has 3 aromatic heterocycles. The second-order valence-corrected chi connectivity index (χ2v) is 16.4. The fraction of sp³-hybridized carbons (Fsp3) is 0. The van der Waals surface area contributed by atoms with E-state index in [0.717, 1.165) is 22.7 Å². The lowest BCUT2D eigenvalue weighted by Crippen LogP contribution is -2.15. The van der Waals surface area contributed by atoms with Gasteiger partial charge in [0.25, 0.3) is 0 Å². The summed E-state index contributed by atoms with van der Waals surface area (Å²) in [5, 5.41) is 7.47. The number of anilines is 3. The van der Waals surface area contributed by atoms with Crippen molar-refractivity contribution < 1.29 is 0 Å². The third kappa shape index (κ3) is 4.68. The monoisotopic (exact) mass is 770 g/mol. The van der Waals surface area contributed by atoms with Gasteiger partial charge in [0.05, 0.1) is 44.5 Å². The number of rotatable bonds is 4. The summed E-state index contributed by atoms with van der Waals surface area (Å²) in [5.74, 6) is 0. The lowest BCUT2D eigenvalue weighted by Gasteiger charge is -2.33. The maximum absolute atomic E-state index is 2.51. The van der Waals surface area contributed by atoms with Crippen LogP contribution in [-0.4, -0.2) is 13.7 Å². The topological polar surface area (TPSA) is 18.0 Å². The number of aromatic nitrogens is 3. The highest BCUT2D eigenvalue weighted by Crippen LogP contribution is 2.52. The number of para-hydroxylation sites is 6. The van der Waals surface area contributed by atoms with E-state index in [2.05, 4.69) is 225 Å². The Labute approximate surface area is 344 Å². The number of hydrogen-bond donors (Lipinski definition) is 0. The summed E-state index contributed by atoms with van der Waals surface area (Å²) in [6, 6.07) is 75.4. The zero-order chi connectivity index (χ0) is 38.6. The van der Waals surface area contributed by atoms with Crippen LogP contribution in [0.5, 0.6) is 0 Å². The van der Waals surface area contributed by atoms with Gasteiger partial charge in [0.15, 0.2) is 0 Å². The quantitative estimate of drug-likeness (QED) is 0.177. The standard InChI is InChI=1S/C54H34N4S/c1-3-15-35(16-4-1)55-44-22-10-8-20-40(44)43-33-37(27-30-47(43)55)57-46-24-12-9-21-42(46)53-50(57)32-29-41-39-19-7-11-23-45(39)58(54(41)53)38-28-31-49-52(34-38)59-51-26-14-13-25-48(51)56(49)36-17-5-2-6-18-36/h1-34H. The van der Waals surface area contributed by atoms with Crippen LogP contribution < -0.4 is 4.90 Å². The maximum Gasteiger partial charge on any atom is 0.0641 e. The van der Waals surface area contributed by atoms with Crippen LogP contribution in [0.2, 0.25) is 0 Å². The molecule has 1 aliphatic heterocycles. The molecule has 12 aromatic rings. The first-order valence-corrected chi connectivity index (χ1v) is 20.9. The molecule has 1 aliphatic rings. The first-order chi connectivity index (χ1) is 29.3. The van der Waals surface area contributed by atoms with Crippen molar-refractivity contribution in [3.05, 3.63) is 206 Å². The summed E-state index contributed by atoms with van der Waals surface area (Å²) >= 11 is 1.85. The van der Waals surface area contributed by atoms with Crippen molar-refractivity contribution in [2.45, 2.75) is 9.79 Å². The van der Waals surface area contributed by atoms with E-state index in [-0.39, 0.29) is 0 Å². The van der Waals surface area contributed by atoms with E-state index in [1.54, 1.807) is 0 Å². The molecule has 0 spiro atoms. The molecule has 4 heterocycles. The zero-order valence-corrected chi connectivity index (χ0v) is 32.6. The molecule has 4 nitrogen and oxygen atoms in total. The lowest BCUT2D eigenvalue weighted by molar-refractivity contribution is 1.13. The van der Waals surface area contributed by atoms with E-state index < -0.39 is 0 Å². The normalized spacial score (nSPS) is 12.6. The Hall–Kier alpha value is -7.47. The molecule has 0 atom stereocenters. The minimum absolute atomic E-state index is 1.14. The van der Waals surface area contributed by atoms with Crippen LogP contribution in [0.15, 0.2) is 216 Å². The van der Waals surface area contributed by atoms with Crippen LogP contribution >= 0.6 is 11.8 Å². The Kier molecular flexibility index (Phi) is 6.91. The second kappa shape index (κ2) is 12.5. The van der Waals surface area contributed by atoms with Crippen molar-refractivity contribution in [3.8, 4) is 17.1 Å². The summed E-state index contributed by atoms with van der Waals surface area (Å²) in [5.41, 5.74) is 14.2. The Morgan fingerprint density at radius 2 is 0.814 bits per heavy atom. The summed E-state index contributed by atoms with van der Waals surface area (Å²) < 4.78 is 7.36. The third-order valence-electron chi connectivity index (χ3n) is 12.2. The molecule has 0 amide bonds. The second-order valence-electron chi connectivity index (χ2n) is 15.3. The Balaban J connectivity index is 1.07. The van der Waals surface area contributed by atoms with Gasteiger partial charge < -0.3 is 18.6 Å². The van der Waals surface area contributed by atoms with E-state index in [1.807, 2.05) is 11.8 Å². The Morgan fingerprint density at radius 3 is 1.59 bits per heavy atom. The predicted octanol–water partition coefficient (Wildman–Crippen LogP) is 14.9. The van der Waals surface area contributed by atoms with Crippen molar-refractivity contribution in [1.82, 2.24) is 13.7 Å². The average Bonchev–Trinajstić information content (AvgIpc) is 3.94. The van der Waals surface area contributed by atoms with Crippen molar-refractivity contribution >= 4 is 94.2 Å². The van der Waals surface area contributed by atoms with Crippen LogP contribution in [0.1, 0.15) is 0 Å². The van der Waals surface area contributed by atoms with E-state index in [4.69, 9.17) is 0 Å². The molecule has 0 saturated heterocycles. The molecule has 5 heteroatoms. The fourth-order valence-corrected chi connectivity index (χ4v) is 10.8. The van der Waals surface area contributed by atoms with E-state index in [0.29, 0.717) is 0 Å². The third-order valence-corrected chi connectivity index (χ3v) is 13.3. The maximum atomic E-state index is 2.51.